The van der Waals surface area contributed by atoms with E-state index in [0.717, 1.165) is 16.7 Å². The van der Waals surface area contributed by atoms with Gasteiger partial charge in [-0.05, 0) is 35.2 Å². The number of fused-ring (bicyclic) bond motifs is 1. The van der Waals surface area contributed by atoms with E-state index in [1.54, 1.807) is 6.07 Å². The highest BCUT2D eigenvalue weighted by Crippen LogP contribution is 2.37. The standard InChI is InChI=1S/C19H15ClN2O3/c20-12-8-13(11-4-2-1-3-5-11)15-10-22(19(25)14(15)9-12)16-6-7-17(23)21-18(16)24/h1-5,8-9,16H,6-7,10H2,(H,21,23,24). The van der Waals surface area contributed by atoms with Gasteiger partial charge in [-0.3, -0.25) is 19.7 Å². The zero-order valence-corrected chi connectivity index (χ0v) is 14.0. The van der Waals surface area contributed by atoms with Crippen LogP contribution in [0.1, 0.15) is 28.8 Å². The number of carbonyl (C=O) groups is 3. The number of imide groups is 1. The van der Waals surface area contributed by atoms with Crippen LogP contribution in [0.2, 0.25) is 5.02 Å². The van der Waals surface area contributed by atoms with E-state index in [1.807, 2.05) is 36.4 Å². The smallest absolute Gasteiger partial charge is 0.255 e. The Kier molecular flexibility index (Phi) is 3.81. The van der Waals surface area contributed by atoms with Crippen LogP contribution >= 0.6 is 11.6 Å². The normalized spacial score (nSPS) is 19.8. The van der Waals surface area contributed by atoms with Crippen LogP contribution in [0.15, 0.2) is 42.5 Å². The quantitative estimate of drug-likeness (QED) is 0.843. The average molecular weight is 355 g/mol. The van der Waals surface area contributed by atoms with Crippen LogP contribution in [0.4, 0.5) is 0 Å². The Morgan fingerprint density at radius 1 is 1.04 bits per heavy atom. The molecule has 1 unspecified atom stereocenters. The molecule has 0 aliphatic carbocycles. The van der Waals surface area contributed by atoms with Crippen LogP contribution in [0, 0.1) is 0 Å². The Morgan fingerprint density at radius 2 is 1.76 bits per heavy atom. The number of hydrogen-bond acceptors (Lipinski definition) is 3. The van der Waals surface area contributed by atoms with Crippen molar-refractivity contribution in [1.29, 1.82) is 0 Å². The van der Waals surface area contributed by atoms with Gasteiger partial charge in [0.15, 0.2) is 0 Å². The fraction of sp³-hybridized carbons (Fsp3) is 0.211. The number of hydrogen-bond donors (Lipinski definition) is 1. The summed E-state index contributed by atoms with van der Waals surface area (Å²) in [6, 6.07) is 12.6. The second-order valence-electron chi connectivity index (χ2n) is 6.25. The minimum absolute atomic E-state index is 0.218. The van der Waals surface area contributed by atoms with Gasteiger partial charge in [-0.1, -0.05) is 41.9 Å². The Morgan fingerprint density at radius 3 is 2.48 bits per heavy atom. The molecule has 1 atom stereocenters. The van der Waals surface area contributed by atoms with E-state index in [1.165, 1.54) is 4.90 Å². The predicted octanol–water partition coefficient (Wildman–Crippen LogP) is 2.77. The number of rotatable bonds is 2. The molecule has 4 rings (SSSR count). The molecule has 0 aromatic heterocycles. The Hall–Kier alpha value is -2.66. The number of carbonyl (C=O) groups excluding carboxylic acids is 3. The highest BCUT2D eigenvalue weighted by Gasteiger charge is 2.40. The third kappa shape index (κ3) is 2.70. The lowest BCUT2D eigenvalue weighted by atomic mass is 9.97. The lowest BCUT2D eigenvalue weighted by molar-refractivity contribution is -0.136. The fourth-order valence-electron chi connectivity index (χ4n) is 3.50. The molecule has 25 heavy (non-hydrogen) atoms. The topological polar surface area (TPSA) is 66.5 Å². The van der Waals surface area contributed by atoms with Crippen molar-refractivity contribution in [2.75, 3.05) is 0 Å². The Labute approximate surface area is 149 Å². The van der Waals surface area contributed by atoms with E-state index in [0.29, 0.717) is 23.6 Å². The van der Waals surface area contributed by atoms with Gasteiger partial charge in [-0.25, -0.2) is 0 Å². The zero-order valence-electron chi connectivity index (χ0n) is 13.3. The lowest BCUT2D eigenvalue weighted by Crippen LogP contribution is -2.52. The van der Waals surface area contributed by atoms with Gasteiger partial charge in [0, 0.05) is 23.6 Å². The lowest BCUT2D eigenvalue weighted by Gasteiger charge is -2.29. The van der Waals surface area contributed by atoms with Crippen LogP contribution in [0.3, 0.4) is 0 Å². The minimum Gasteiger partial charge on any atom is -0.322 e. The van der Waals surface area contributed by atoms with Gasteiger partial charge in [0.25, 0.3) is 5.91 Å². The van der Waals surface area contributed by atoms with Crippen LogP contribution in [0.5, 0.6) is 0 Å². The Balaban J connectivity index is 1.74. The third-order valence-corrected chi connectivity index (χ3v) is 4.92. The summed E-state index contributed by atoms with van der Waals surface area (Å²) in [5.41, 5.74) is 3.26. The molecule has 2 heterocycles. The van der Waals surface area contributed by atoms with Crippen LogP contribution in [-0.4, -0.2) is 28.7 Å². The van der Waals surface area contributed by atoms with Crippen molar-refractivity contribution in [1.82, 2.24) is 10.2 Å². The molecule has 1 fully saturated rings. The second kappa shape index (κ2) is 6.01. The van der Waals surface area contributed by atoms with E-state index in [9.17, 15) is 14.4 Å². The molecule has 126 valence electrons. The monoisotopic (exact) mass is 354 g/mol. The molecule has 1 saturated heterocycles. The number of amides is 3. The summed E-state index contributed by atoms with van der Waals surface area (Å²) in [5, 5.41) is 2.80. The van der Waals surface area contributed by atoms with Gasteiger partial charge in [0.1, 0.15) is 6.04 Å². The molecule has 2 aromatic rings. The molecule has 2 aromatic carbocycles. The largest absolute Gasteiger partial charge is 0.322 e. The van der Waals surface area contributed by atoms with Crippen molar-refractivity contribution < 1.29 is 14.4 Å². The summed E-state index contributed by atoms with van der Waals surface area (Å²) >= 11 is 6.23. The molecule has 0 bridgehead atoms. The Bertz CT molecular complexity index is 895. The number of nitrogens with zero attached hydrogens (tertiary/aromatic N) is 1. The number of halogens is 1. The maximum absolute atomic E-state index is 12.9. The minimum atomic E-state index is -0.625. The van der Waals surface area contributed by atoms with Crippen molar-refractivity contribution >= 4 is 29.3 Å². The molecule has 2 aliphatic heterocycles. The maximum atomic E-state index is 12.9. The van der Waals surface area contributed by atoms with E-state index in [2.05, 4.69) is 5.32 Å². The van der Waals surface area contributed by atoms with E-state index in [4.69, 9.17) is 11.6 Å². The first-order valence-corrected chi connectivity index (χ1v) is 8.45. The summed E-state index contributed by atoms with van der Waals surface area (Å²) in [5.74, 6) is -0.924. The van der Waals surface area contributed by atoms with Gasteiger partial charge >= 0.3 is 0 Å². The van der Waals surface area contributed by atoms with Crippen molar-refractivity contribution in [3.05, 3.63) is 58.6 Å². The van der Waals surface area contributed by atoms with Crippen LogP contribution in [0.25, 0.3) is 11.1 Å². The number of benzene rings is 2. The summed E-state index contributed by atoms with van der Waals surface area (Å²) in [4.78, 5) is 37.9. The van der Waals surface area contributed by atoms with E-state index < -0.39 is 11.9 Å². The third-order valence-electron chi connectivity index (χ3n) is 4.71. The summed E-state index contributed by atoms with van der Waals surface area (Å²) in [6.07, 6.45) is 0.585. The number of piperidine rings is 1. The molecular formula is C19H15ClN2O3. The molecule has 2 aliphatic rings. The van der Waals surface area contributed by atoms with Gasteiger partial charge in [0.05, 0.1) is 0 Å². The second-order valence-corrected chi connectivity index (χ2v) is 6.68. The van der Waals surface area contributed by atoms with Crippen molar-refractivity contribution in [3.8, 4) is 11.1 Å². The predicted molar refractivity (Wildman–Crippen MR) is 92.9 cm³/mol. The fourth-order valence-corrected chi connectivity index (χ4v) is 3.72. The molecule has 1 N–H and O–H groups in total. The highest BCUT2D eigenvalue weighted by atomic mass is 35.5. The van der Waals surface area contributed by atoms with Crippen molar-refractivity contribution in [2.45, 2.75) is 25.4 Å². The summed E-state index contributed by atoms with van der Waals surface area (Å²) in [7, 11) is 0. The van der Waals surface area contributed by atoms with Gasteiger partial charge < -0.3 is 4.90 Å². The molecule has 0 radical (unpaired) electrons. The molecule has 3 amide bonds. The first-order chi connectivity index (χ1) is 12.0. The van der Waals surface area contributed by atoms with Crippen LogP contribution in [-0.2, 0) is 16.1 Å². The van der Waals surface area contributed by atoms with Crippen LogP contribution < -0.4 is 5.32 Å². The summed E-state index contributed by atoms with van der Waals surface area (Å²) in [6.45, 7) is 0.335. The van der Waals surface area contributed by atoms with E-state index in [-0.39, 0.29) is 18.2 Å². The average Bonchev–Trinajstić information content (AvgIpc) is 2.92. The molecule has 0 spiro atoms. The molecular weight excluding hydrogens is 340 g/mol. The SMILES string of the molecule is O=C1CCC(N2Cc3c(cc(Cl)cc3-c3ccccc3)C2=O)C(=O)N1. The van der Waals surface area contributed by atoms with Gasteiger partial charge in [-0.15, -0.1) is 0 Å². The number of nitrogens with one attached hydrogen (secondary N) is 1. The first kappa shape index (κ1) is 15.8. The summed E-state index contributed by atoms with van der Waals surface area (Å²) < 4.78 is 0. The van der Waals surface area contributed by atoms with Crippen molar-refractivity contribution in [2.24, 2.45) is 0 Å². The first-order valence-electron chi connectivity index (χ1n) is 8.07. The zero-order chi connectivity index (χ0) is 17.6. The molecule has 6 heteroatoms. The van der Waals surface area contributed by atoms with E-state index >= 15 is 0 Å². The molecule has 5 nitrogen and oxygen atoms in total. The van der Waals surface area contributed by atoms with Gasteiger partial charge in [0.2, 0.25) is 11.8 Å². The maximum Gasteiger partial charge on any atom is 0.255 e. The van der Waals surface area contributed by atoms with Crippen molar-refractivity contribution in [3.63, 3.8) is 0 Å². The highest BCUT2D eigenvalue weighted by molar-refractivity contribution is 6.31. The molecule has 0 saturated carbocycles. The van der Waals surface area contributed by atoms with Gasteiger partial charge in [-0.2, -0.15) is 0 Å².